The average Bonchev–Trinajstić information content (AvgIpc) is 3.15. The first-order chi connectivity index (χ1) is 25.7. The lowest BCUT2D eigenvalue weighted by molar-refractivity contribution is -0.118. The second kappa shape index (κ2) is 43.7. The first-order valence-electron chi connectivity index (χ1n) is 22.5. The topological polar surface area (TPSA) is 89.8 Å². The second-order valence-corrected chi connectivity index (χ2v) is 15.3. The van der Waals surface area contributed by atoms with Gasteiger partial charge in [-0.3, -0.25) is 4.79 Å². The van der Waals surface area contributed by atoms with E-state index in [0.717, 1.165) is 25.7 Å². The van der Waals surface area contributed by atoms with Gasteiger partial charge in [-0.1, -0.05) is 229 Å². The third-order valence-electron chi connectivity index (χ3n) is 10.2. The van der Waals surface area contributed by atoms with Gasteiger partial charge in [-0.2, -0.15) is 0 Å². The minimum Gasteiger partial charge on any atom is -0.396 e. The van der Waals surface area contributed by atoms with Crippen LogP contribution in [0, 0.1) is 0 Å². The number of amides is 1. The van der Waals surface area contributed by atoms with Crippen molar-refractivity contribution in [3.05, 3.63) is 48.6 Å². The molecule has 0 aromatic rings. The zero-order valence-corrected chi connectivity index (χ0v) is 34.3. The Balaban J connectivity index is 3.68. The molecule has 2 unspecified atom stereocenters. The predicted octanol–water partition coefficient (Wildman–Crippen LogP) is 12.9. The van der Waals surface area contributed by atoms with Crippen molar-refractivity contribution in [3.8, 4) is 0 Å². The highest BCUT2D eigenvalue weighted by Gasteiger charge is 2.16. The minimum atomic E-state index is -0.901. The Morgan fingerprint density at radius 3 is 1.25 bits per heavy atom. The van der Waals surface area contributed by atoms with E-state index >= 15 is 0 Å². The summed E-state index contributed by atoms with van der Waals surface area (Å²) in [6.45, 7) is 2.32. The lowest BCUT2D eigenvalue weighted by atomic mass is 10.0. The Hall–Kier alpha value is -1.69. The van der Waals surface area contributed by atoms with Gasteiger partial charge in [-0.25, -0.2) is 0 Å². The third kappa shape index (κ3) is 39.5. The minimum absolute atomic E-state index is 0.308. The molecule has 0 heterocycles. The zero-order valence-electron chi connectivity index (χ0n) is 34.3. The van der Waals surface area contributed by atoms with Gasteiger partial charge < -0.3 is 20.6 Å². The summed E-state index contributed by atoms with van der Waals surface area (Å²) in [4.78, 5) is 12.3. The van der Waals surface area contributed by atoms with E-state index in [9.17, 15) is 15.0 Å². The fraction of sp³-hybridized carbons (Fsp3) is 0.809. The van der Waals surface area contributed by atoms with Crippen LogP contribution in [-0.4, -0.2) is 46.6 Å². The van der Waals surface area contributed by atoms with E-state index in [1.54, 1.807) is 12.2 Å². The molecule has 5 heteroatoms. The van der Waals surface area contributed by atoms with E-state index in [-0.39, 0.29) is 12.5 Å². The first kappa shape index (κ1) is 50.3. The number of rotatable bonds is 41. The van der Waals surface area contributed by atoms with Crippen LogP contribution in [0.2, 0.25) is 0 Å². The second-order valence-electron chi connectivity index (χ2n) is 15.3. The summed E-state index contributed by atoms with van der Waals surface area (Å²) < 4.78 is 0. The van der Waals surface area contributed by atoms with Crippen LogP contribution in [0.15, 0.2) is 48.6 Å². The molecule has 0 aromatic carbocycles. The fourth-order valence-electron chi connectivity index (χ4n) is 6.77. The largest absolute Gasteiger partial charge is 0.396 e. The number of carbonyl (C=O) groups excluding carboxylic acids is 1. The Morgan fingerprint density at radius 2 is 0.846 bits per heavy atom. The summed E-state index contributed by atoms with van der Waals surface area (Å²) in [5, 5.41) is 31.6. The van der Waals surface area contributed by atoms with Crippen LogP contribution < -0.4 is 5.32 Å². The van der Waals surface area contributed by atoms with E-state index in [2.05, 4.69) is 18.3 Å². The Morgan fingerprint density at radius 1 is 0.481 bits per heavy atom. The van der Waals surface area contributed by atoms with E-state index < -0.39 is 12.1 Å². The van der Waals surface area contributed by atoms with Crippen molar-refractivity contribution in [1.82, 2.24) is 5.32 Å². The molecule has 0 saturated heterocycles. The van der Waals surface area contributed by atoms with Gasteiger partial charge in [-0.15, -0.1) is 0 Å². The molecule has 304 valence electrons. The van der Waals surface area contributed by atoms with Gasteiger partial charge in [0.05, 0.1) is 18.8 Å². The average molecular weight is 730 g/mol. The van der Waals surface area contributed by atoms with E-state index in [1.807, 2.05) is 24.3 Å². The fourth-order valence-corrected chi connectivity index (χ4v) is 6.77. The molecule has 1 amide bonds. The zero-order chi connectivity index (χ0) is 37.8. The van der Waals surface area contributed by atoms with Crippen molar-refractivity contribution in [2.45, 2.75) is 231 Å². The summed E-state index contributed by atoms with van der Waals surface area (Å²) in [6, 6.07) is -0.711. The van der Waals surface area contributed by atoms with Crippen LogP contribution in [0.25, 0.3) is 0 Å². The normalized spacial score (nSPS) is 13.4. The van der Waals surface area contributed by atoms with Crippen LogP contribution in [0.1, 0.15) is 219 Å². The number of hydrogen-bond donors (Lipinski definition) is 4. The highest BCUT2D eigenvalue weighted by atomic mass is 16.3. The highest BCUT2D eigenvalue weighted by molar-refractivity contribution is 5.88. The number of unbranched alkanes of at least 4 members (excludes halogenated alkanes) is 31. The Labute approximate surface area is 323 Å². The molecule has 0 spiro atoms. The molecule has 0 aromatic heterocycles. The van der Waals surface area contributed by atoms with Gasteiger partial charge in [0.1, 0.15) is 0 Å². The SMILES string of the molecule is CCCCCCCCCCCCCCCCCC=CC(O)C(CO)NC(=O)C=CC=CC=CCCCCCCCCCCCCCCCCCCO. The van der Waals surface area contributed by atoms with Crippen molar-refractivity contribution in [3.63, 3.8) is 0 Å². The predicted molar refractivity (Wildman–Crippen MR) is 227 cm³/mol. The standard InChI is InChI=1S/C47H87NO4/c1-2-3-4-5-6-7-8-9-10-17-20-23-26-29-32-35-38-41-46(51)45(44-50)48-47(52)42-39-36-33-30-27-24-21-18-15-13-11-12-14-16-19-22-25-28-31-34-37-40-43-49/h27,30,33,36,38-39,41-42,45-46,49-51H,2-26,28-29,31-32,34-35,37,40,43-44H2,1H3,(H,48,52). The third-order valence-corrected chi connectivity index (χ3v) is 10.2. The van der Waals surface area contributed by atoms with Gasteiger partial charge in [0.25, 0.3) is 0 Å². The molecule has 0 radical (unpaired) electrons. The summed E-state index contributed by atoms with van der Waals surface area (Å²) in [6.07, 6.45) is 57.2. The van der Waals surface area contributed by atoms with E-state index in [1.165, 1.54) is 192 Å². The van der Waals surface area contributed by atoms with Crippen molar-refractivity contribution in [2.24, 2.45) is 0 Å². The molecule has 2 atom stereocenters. The van der Waals surface area contributed by atoms with Gasteiger partial charge in [0, 0.05) is 12.7 Å². The van der Waals surface area contributed by atoms with Crippen molar-refractivity contribution < 1.29 is 20.1 Å². The smallest absolute Gasteiger partial charge is 0.244 e. The number of aliphatic hydroxyl groups excluding tert-OH is 3. The molecule has 52 heavy (non-hydrogen) atoms. The Kier molecular flexibility index (Phi) is 42.3. The molecule has 0 rings (SSSR count). The summed E-state index contributed by atoms with van der Waals surface area (Å²) >= 11 is 0. The van der Waals surface area contributed by atoms with E-state index in [0.29, 0.717) is 6.61 Å². The maximum atomic E-state index is 12.3. The monoisotopic (exact) mass is 730 g/mol. The van der Waals surface area contributed by atoms with Crippen LogP contribution in [-0.2, 0) is 4.79 Å². The quantitative estimate of drug-likeness (QED) is 0.0218. The first-order valence-corrected chi connectivity index (χ1v) is 22.5. The number of aliphatic hydroxyl groups is 3. The lowest BCUT2D eigenvalue weighted by Crippen LogP contribution is -2.44. The molecular weight excluding hydrogens is 643 g/mol. The summed E-state index contributed by atoms with van der Waals surface area (Å²) in [7, 11) is 0. The Bertz CT molecular complexity index is 835. The lowest BCUT2D eigenvalue weighted by Gasteiger charge is -2.18. The molecule has 4 N–H and O–H groups in total. The number of nitrogens with one attached hydrogen (secondary N) is 1. The van der Waals surface area contributed by atoms with Crippen molar-refractivity contribution in [2.75, 3.05) is 13.2 Å². The summed E-state index contributed by atoms with van der Waals surface area (Å²) in [5.41, 5.74) is 0. The molecule has 0 fully saturated rings. The summed E-state index contributed by atoms with van der Waals surface area (Å²) in [5.74, 6) is -0.320. The molecular formula is C47H87NO4. The van der Waals surface area contributed by atoms with Gasteiger partial charge in [0.2, 0.25) is 5.91 Å². The molecule has 0 saturated carbocycles. The molecule has 0 aliphatic heterocycles. The number of allylic oxidation sites excluding steroid dienone is 6. The van der Waals surface area contributed by atoms with Crippen molar-refractivity contribution in [1.29, 1.82) is 0 Å². The molecule has 0 aliphatic carbocycles. The molecule has 0 aliphatic rings. The number of hydrogen-bond acceptors (Lipinski definition) is 4. The van der Waals surface area contributed by atoms with Crippen LogP contribution in [0.3, 0.4) is 0 Å². The van der Waals surface area contributed by atoms with E-state index in [4.69, 9.17) is 5.11 Å². The van der Waals surface area contributed by atoms with Gasteiger partial charge in [0.15, 0.2) is 0 Å². The van der Waals surface area contributed by atoms with Crippen LogP contribution in [0.5, 0.6) is 0 Å². The molecule has 0 bridgehead atoms. The molecule has 5 nitrogen and oxygen atoms in total. The maximum absolute atomic E-state index is 12.3. The van der Waals surface area contributed by atoms with Crippen molar-refractivity contribution >= 4 is 5.91 Å². The van der Waals surface area contributed by atoms with Gasteiger partial charge in [-0.05, 0) is 32.1 Å². The van der Waals surface area contributed by atoms with Gasteiger partial charge >= 0.3 is 0 Å². The van der Waals surface area contributed by atoms with Crippen LogP contribution >= 0.6 is 0 Å². The maximum Gasteiger partial charge on any atom is 0.244 e. The van der Waals surface area contributed by atoms with Crippen LogP contribution in [0.4, 0.5) is 0 Å². The number of carbonyl (C=O) groups is 1. The highest BCUT2D eigenvalue weighted by Crippen LogP contribution is 2.15.